The molecule has 2 N–H and O–H groups in total. The van der Waals surface area contributed by atoms with Gasteiger partial charge in [-0.1, -0.05) is 25.1 Å². The van der Waals surface area contributed by atoms with E-state index in [4.69, 9.17) is 0 Å². The van der Waals surface area contributed by atoms with Crippen molar-refractivity contribution in [1.82, 2.24) is 15.2 Å². The van der Waals surface area contributed by atoms with Gasteiger partial charge in [0.15, 0.2) is 0 Å². The molecule has 0 saturated carbocycles. The van der Waals surface area contributed by atoms with Gasteiger partial charge in [0.1, 0.15) is 5.82 Å². The Bertz CT molecular complexity index is 751. The molecule has 8 heteroatoms. The first-order valence-corrected chi connectivity index (χ1v) is 9.17. The minimum atomic E-state index is -0.105. The zero-order valence-corrected chi connectivity index (χ0v) is 18.0. The number of pyridine rings is 1. The number of hydrogen-bond donors (Lipinski definition) is 2. The van der Waals surface area contributed by atoms with Gasteiger partial charge in [0.05, 0.1) is 0 Å². The third kappa shape index (κ3) is 6.34. The Morgan fingerprint density at radius 1 is 1.11 bits per heavy atom. The highest BCUT2D eigenvalue weighted by atomic mass is 35.5. The number of benzene rings is 1. The van der Waals surface area contributed by atoms with Gasteiger partial charge in [-0.05, 0) is 37.4 Å². The number of amides is 1. The lowest BCUT2D eigenvalue weighted by Gasteiger charge is -2.33. The van der Waals surface area contributed by atoms with Crippen LogP contribution < -0.4 is 15.5 Å². The number of hydrogen-bond acceptors (Lipinski definition) is 5. The number of nitrogens with zero attached hydrogens (tertiary/aromatic N) is 3. The number of nitrogens with one attached hydrogen (secondary N) is 2. The molecule has 28 heavy (non-hydrogen) atoms. The first-order valence-electron chi connectivity index (χ1n) is 9.17. The summed E-state index contributed by atoms with van der Waals surface area (Å²) in [6.07, 6.45) is 1.72. The Hall–Kier alpha value is -1.86. The van der Waals surface area contributed by atoms with Gasteiger partial charge in [-0.15, -0.1) is 24.8 Å². The number of para-hydroxylation sites is 1. The summed E-state index contributed by atoms with van der Waals surface area (Å²) in [5.74, 6) is 0.762. The molecule has 0 atom stereocenters. The van der Waals surface area contributed by atoms with Crippen molar-refractivity contribution in [1.29, 1.82) is 0 Å². The van der Waals surface area contributed by atoms with Crippen LogP contribution in [0, 0.1) is 0 Å². The molecule has 1 aromatic heterocycles. The standard InChI is InChI=1S/C20H27N5O.2ClH/c1-3-21-15-17-6-4-5-7-18(17)23-20(26)16-8-9-22-19(14-16)25-12-10-24(2)11-13-25;;/h4-9,14,21H,3,10-13,15H2,1-2H3,(H,23,26);2*1H. The van der Waals surface area contributed by atoms with Crippen molar-refractivity contribution in [2.24, 2.45) is 0 Å². The fraction of sp³-hybridized carbons (Fsp3) is 0.400. The Morgan fingerprint density at radius 2 is 1.82 bits per heavy atom. The molecule has 6 nitrogen and oxygen atoms in total. The molecule has 1 aliphatic rings. The van der Waals surface area contributed by atoms with Crippen molar-refractivity contribution in [2.45, 2.75) is 13.5 Å². The van der Waals surface area contributed by atoms with Gasteiger partial charge in [-0.2, -0.15) is 0 Å². The molecule has 2 aromatic rings. The number of carbonyl (C=O) groups excluding carboxylic acids is 1. The number of carbonyl (C=O) groups is 1. The average Bonchev–Trinajstić information content (AvgIpc) is 2.68. The second kappa shape index (κ2) is 11.9. The molecule has 1 saturated heterocycles. The Balaban J connectivity index is 0.00000196. The molecule has 154 valence electrons. The molecular formula is C20H29Cl2N5O. The van der Waals surface area contributed by atoms with E-state index in [0.717, 1.165) is 56.3 Å². The van der Waals surface area contributed by atoms with Gasteiger partial charge in [0.2, 0.25) is 0 Å². The highest BCUT2D eigenvalue weighted by Crippen LogP contribution is 2.18. The van der Waals surface area contributed by atoms with E-state index in [9.17, 15) is 4.79 Å². The lowest BCUT2D eigenvalue weighted by molar-refractivity contribution is 0.102. The van der Waals surface area contributed by atoms with Crippen LogP contribution in [-0.4, -0.2) is 55.6 Å². The Morgan fingerprint density at radius 3 is 2.54 bits per heavy atom. The van der Waals surface area contributed by atoms with Crippen LogP contribution >= 0.6 is 24.8 Å². The zero-order chi connectivity index (χ0) is 18.4. The molecule has 0 aliphatic carbocycles. The Kier molecular flexibility index (Phi) is 10.2. The zero-order valence-electron chi connectivity index (χ0n) is 16.4. The number of rotatable bonds is 6. The largest absolute Gasteiger partial charge is 0.354 e. The molecule has 1 fully saturated rings. The fourth-order valence-electron chi connectivity index (χ4n) is 3.02. The Labute approximate surface area is 179 Å². The summed E-state index contributed by atoms with van der Waals surface area (Å²) in [5.41, 5.74) is 2.56. The lowest BCUT2D eigenvalue weighted by Crippen LogP contribution is -2.44. The number of anilines is 2. The molecule has 3 rings (SSSR count). The van der Waals surface area contributed by atoms with Gasteiger partial charge in [0, 0.05) is 50.2 Å². The van der Waals surface area contributed by atoms with Crippen LogP contribution in [0.1, 0.15) is 22.8 Å². The van der Waals surface area contributed by atoms with E-state index in [1.165, 1.54) is 0 Å². The van der Waals surface area contributed by atoms with E-state index in [0.29, 0.717) is 5.56 Å². The van der Waals surface area contributed by atoms with Crippen LogP contribution in [0.5, 0.6) is 0 Å². The monoisotopic (exact) mass is 425 g/mol. The van der Waals surface area contributed by atoms with Crippen LogP contribution in [0.25, 0.3) is 0 Å². The molecule has 0 unspecified atom stereocenters. The highest BCUT2D eigenvalue weighted by molar-refractivity contribution is 6.05. The van der Waals surface area contributed by atoms with Crippen LogP contribution in [0.3, 0.4) is 0 Å². The van der Waals surface area contributed by atoms with Crippen molar-refractivity contribution in [3.05, 3.63) is 53.7 Å². The second-order valence-electron chi connectivity index (χ2n) is 6.58. The summed E-state index contributed by atoms with van der Waals surface area (Å²) in [7, 11) is 2.12. The molecule has 1 amide bonds. The van der Waals surface area contributed by atoms with Crippen molar-refractivity contribution in [3.63, 3.8) is 0 Å². The minimum Gasteiger partial charge on any atom is -0.354 e. The fourth-order valence-corrected chi connectivity index (χ4v) is 3.02. The molecule has 0 spiro atoms. The molecular weight excluding hydrogens is 397 g/mol. The summed E-state index contributed by atoms with van der Waals surface area (Å²) < 4.78 is 0. The highest BCUT2D eigenvalue weighted by Gasteiger charge is 2.17. The summed E-state index contributed by atoms with van der Waals surface area (Å²) >= 11 is 0. The van der Waals surface area contributed by atoms with Crippen LogP contribution in [0.15, 0.2) is 42.6 Å². The van der Waals surface area contributed by atoms with E-state index in [2.05, 4.69) is 39.4 Å². The van der Waals surface area contributed by atoms with Gasteiger partial charge in [-0.3, -0.25) is 4.79 Å². The van der Waals surface area contributed by atoms with Gasteiger partial charge in [0.25, 0.3) is 5.91 Å². The average molecular weight is 426 g/mol. The van der Waals surface area contributed by atoms with Crippen LogP contribution in [0.2, 0.25) is 0 Å². The van der Waals surface area contributed by atoms with E-state index in [1.54, 1.807) is 12.3 Å². The topological polar surface area (TPSA) is 60.5 Å². The van der Waals surface area contributed by atoms with Gasteiger partial charge < -0.3 is 20.4 Å². The van der Waals surface area contributed by atoms with Gasteiger partial charge >= 0.3 is 0 Å². The summed E-state index contributed by atoms with van der Waals surface area (Å²) in [6.45, 7) is 7.57. The summed E-state index contributed by atoms with van der Waals surface area (Å²) in [4.78, 5) is 21.7. The molecule has 2 heterocycles. The third-order valence-corrected chi connectivity index (χ3v) is 4.67. The van der Waals surface area contributed by atoms with Crippen molar-refractivity contribution in [3.8, 4) is 0 Å². The number of aromatic nitrogens is 1. The predicted molar refractivity (Wildman–Crippen MR) is 120 cm³/mol. The normalized spacial score (nSPS) is 14.0. The van der Waals surface area contributed by atoms with E-state index < -0.39 is 0 Å². The summed E-state index contributed by atoms with van der Waals surface area (Å²) in [5, 5.41) is 6.34. The maximum Gasteiger partial charge on any atom is 0.255 e. The van der Waals surface area contributed by atoms with Crippen LogP contribution in [0.4, 0.5) is 11.5 Å². The van der Waals surface area contributed by atoms with Crippen molar-refractivity contribution < 1.29 is 4.79 Å². The van der Waals surface area contributed by atoms with Gasteiger partial charge in [-0.25, -0.2) is 4.98 Å². The van der Waals surface area contributed by atoms with Crippen molar-refractivity contribution in [2.75, 3.05) is 50.0 Å². The minimum absolute atomic E-state index is 0. The number of piperazine rings is 1. The maximum atomic E-state index is 12.7. The predicted octanol–water partition coefficient (Wildman–Crippen LogP) is 3.04. The first kappa shape index (κ1) is 24.2. The smallest absolute Gasteiger partial charge is 0.255 e. The SMILES string of the molecule is CCNCc1ccccc1NC(=O)c1ccnc(N2CCN(C)CC2)c1.Cl.Cl. The second-order valence-corrected chi connectivity index (χ2v) is 6.58. The van der Waals surface area contributed by atoms with Crippen LogP contribution in [-0.2, 0) is 6.54 Å². The number of likely N-dealkylation sites (N-methyl/N-ethyl adjacent to an activating group) is 1. The molecule has 0 radical (unpaired) electrons. The molecule has 1 aliphatic heterocycles. The van der Waals surface area contributed by atoms with E-state index in [-0.39, 0.29) is 30.7 Å². The summed E-state index contributed by atoms with van der Waals surface area (Å²) in [6, 6.07) is 11.5. The quantitative estimate of drug-likeness (QED) is 0.744. The van der Waals surface area contributed by atoms with Crippen molar-refractivity contribution >= 4 is 42.2 Å². The first-order chi connectivity index (χ1) is 12.7. The lowest BCUT2D eigenvalue weighted by atomic mass is 10.1. The number of halogens is 2. The van der Waals surface area contributed by atoms with E-state index in [1.807, 2.05) is 30.3 Å². The van der Waals surface area contributed by atoms with E-state index >= 15 is 0 Å². The maximum absolute atomic E-state index is 12.7. The molecule has 0 bridgehead atoms. The molecule has 1 aromatic carbocycles. The third-order valence-electron chi connectivity index (χ3n) is 4.67.